The Morgan fingerprint density at radius 3 is 2.55 bits per heavy atom. The Morgan fingerprint density at radius 1 is 1.23 bits per heavy atom. The van der Waals surface area contributed by atoms with Crippen LogP contribution in [0, 0.1) is 11.8 Å². The number of sulfonamides is 1. The Morgan fingerprint density at radius 2 is 1.90 bits per heavy atom. The fourth-order valence-corrected chi connectivity index (χ4v) is 6.49. The third-order valence-electron chi connectivity index (χ3n) is 7.23. The molecule has 3 fully saturated rings. The molecule has 1 saturated carbocycles. The number of halogens is 1. The summed E-state index contributed by atoms with van der Waals surface area (Å²) >= 11 is 5.88. The first-order valence-corrected chi connectivity index (χ1v) is 13.2. The van der Waals surface area contributed by atoms with E-state index in [-0.39, 0.29) is 16.9 Å². The monoisotopic (exact) mass is 471 g/mol. The van der Waals surface area contributed by atoms with Crippen LogP contribution in [0.2, 0.25) is 5.02 Å². The normalized spacial score (nSPS) is 30.3. The second-order valence-electron chi connectivity index (χ2n) is 9.50. The van der Waals surface area contributed by atoms with Gasteiger partial charge in [-0.25, -0.2) is 18.4 Å². The van der Waals surface area contributed by atoms with Gasteiger partial charge in [0.25, 0.3) is 0 Å². The van der Waals surface area contributed by atoms with Crippen LogP contribution < -0.4 is 10.6 Å². The molecule has 3 heterocycles. The molecule has 31 heavy (non-hydrogen) atoms. The van der Waals surface area contributed by atoms with Gasteiger partial charge in [-0.15, -0.1) is 0 Å². The summed E-state index contributed by atoms with van der Waals surface area (Å²) in [5.74, 6) is 1.74. The van der Waals surface area contributed by atoms with Gasteiger partial charge in [-0.05, 0) is 57.8 Å². The van der Waals surface area contributed by atoms with E-state index in [2.05, 4.69) is 14.9 Å². The highest BCUT2D eigenvalue weighted by Gasteiger charge is 2.55. The van der Waals surface area contributed by atoms with Crippen molar-refractivity contribution in [3.8, 4) is 0 Å². The van der Waals surface area contributed by atoms with Gasteiger partial charge in [-0.3, -0.25) is 0 Å². The molecule has 2 saturated heterocycles. The second-order valence-corrected chi connectivity index (χ2v) is 12.4. The van der Waals surface area contributed by atoms with Gasteiger partial charge < -0.3 is 15.4 Å². The maximum Gasteiger partial charge on any atom is 0.225 e. The van der Waals surface area contributed by atoms with Crippen molar-refractivity contribution in [2.75, 3.05) is 37.7 Å². The second kappa shape index (κ2) is 9.09. The van der Waals surface area contributed by atoms with Crippen LogP contribution in [-0.4, -0.2) is 72.4 Å². The van der Waals surface area contributed by atoms with Crippen LogP contribution in [0.1, 0.15) is 46.0 Å². The van der Waals surface area contributed by atoms with E-state index in [0.717, 1.165) is 51.1 Å². The summed E-state index contributed by atoms with van der Waals surface area (Å²) in [6, 6.07) is 0. The molecule has 8 nitrogen and oxygen atoms in total. The fraction of sp³-hybridized carbons (Fsp3) is 0.810. The SMILES string of the molecule is CC(C)S(=O)(=O)N1CC[C@@H](OCC[C@@H]2C[C@]2(N)C2CCN(c3ncc(Cl)cn3)CC2)C1. The largest absolute Gasteiger partial charge is 0.377 e. The molecule has 0 aromatic carbocycles. The third kappa shape index (κ3) is 5.00. The summed E-state index contributed by atoms with van der Waals surface area (Å²) < 4.78 is 32.2. The maximum absolute atomic E-state index is 12.3. The summed E-state index contributed by atoms with van der Waals surface area (Å²) in [7, 11) is -3.18. The van der Waals surface area contributed by atoms with E-state index in [1.54, 1.807) is 30.5 Å². The van der Waals surface area contributed by atoms with Crippen molar-refractivity contribution < 1.29 is 13.2 Å². The number of hydrogen-bond acceptors (Lipinski definition) is 7. The molecule has 3 aliphatic rings. The van der Waals surface area contributed by atoms with E-state index in [9.17, 15) is 8.42 Å². The molecule has 0 spiro atoms. The van der Waals surface area contributed by atoms with Gasteiger partial charge in [-0.1, -0.05) is 11.6 Å². The minimum Gasteiger partial charge on any atom is -0.377 e. The standard InChI is InChI=1S/C21H34ClN5O3S/c1-15(2)31(28,29)27-9-5-19(14-27)30-10-6-17-11-21(17,23)16-3-7-26(8-4-16)20-24-12-18(22)13-25-20/h12-13,15-17,19H,3-11,14,23H2,1-2H3/t17-,19-,21+/m1/s1. The minimum atomic E-state index is -3.18. The smallest absolute Gasteiger partial charge is 0.225 e. The van der Waals surface area contributed by atoms with Gasteiger partial charge in [0, 0.05) is 38.3 Å². The highest BCUT2D eigenvalue weighted by Crippen LogP contribution is 2.52. The maximum atomic E-state index is 12.3. The third-order valence-corrected chi connectivity index (χ3v) is 9.67. The van der Waals surface area contributed by atoms with E-state index < -0.39 is 10.0 Å². The lowest BCUT2D eigenvalue weighted by Crippen LogP contribution is -2.44. The summed E-state index contributed by atoms with van der Waals surface area (Å²) in [5, 5.41) is 0.169. The Balaban J connectivity index is 1.18. The number of piperidine rings is 1. The summed E-state index contributed by atoms with van der Waals surface area (Å²) in [6.45, 7) is 6.97. The average molecular weight is 472 g/mol. The summed E-state index contributed by atoms with van der Waals surface area (Å²) in [4.78, 5) is 10.8. The number of nitrogens with zero attached hydrogens (tertiary/aromatic N) is 4. The number of hydrogen-bond donors (Lipinski definition) is 1. The van der Waals surface area contributed by atoms with Gasteiger partial charge in [0.15, 0.2) is 0 Å². The Bertz CT molecular complexity index is 860. The van der Waals surface area contributed by atoms with Crippen LogP contribution in [0.15, 0.2) is 12.4 Å². The number of anilines is 1. The Hall–Kier alpha value is -1.00. The molecule has 1 aliphatic carbocycles. The molecule has 1 aromatic heterocycles. The number of aromatic nitrogens is 2. The predicted octanol–water partition coefficient (Wildman–Crippen LogP) is 2.28. The van der Waals surface area contributed by atoms with E-state index in [1.165, 1.54) is 0 Å². The number of rotatable bonds is 8. The van der Waals surface area contributed by atoms with Gasteiger partial charge >= 0.3 is 0 Å². The van der Waals surface area contributed by atoms with E-state index in [0.29, 0.717) is 36.6 Å². The van der Waals surface area contributed by atoms with Crippen LogP contribution in [0.25, 0.3) is 0 Å². The molecular formula is C21H34ClN5O3S. The summed E-state index contributed by atoms with van der Waals surface area (Å²) in [6.07, 6.45) is 8.15. The Labute approximate surface area is 190 Å². The lowest BCUT2D eigenvalue weighted by atomic mass is 9.86. The van der Waals surface area contributed by atoms with Crippen LogP contribution in [-0.2, 0) is 14.8 Å². The topological polar surface area (TPSA) is 102 Å². The molecule has 0 bridgehead atoms. The van der Waals surface area contributed by atoms with Gasteiger partial charge in [0.05, 0.1) is 28.8 Å². The number of nitrogens with two attached hydrogens (primary N) is 1. The molecule has 0 unspecified atom stereocenters. The summed E-state index contributed by atoms with van der Waals surface area (Å²) in [5.41, 5.74) is 6.68. The molecule has 2 N–H and O–H groups in total. The first-order valence-electron chi connectivity index (χ1n) is 11.3. The zero-order valence-electron chi connectivity index (χ0n) is 18.4. The van der Waals surface area contributed by atoms with Crippen molar-refractivity contribution in [3.63, 3.8) is 0 Å². The first kappa shape index (κ1) is 23.2. The molecule has 10 heteroatoms. The number of ether oxygens (including phenoxy) is 1. The molecule has 0 amide bonds. The lowest BCUT2D eigenvalue weighted by Gasteiger charge is -2.35. The van der Waals surface area contributed by atoms with E-state index in [1.807, 2.05) is 0 Å². The van der Waals surface area contributed by atoms with Crippen molar-refractivity contribution in [2.24, 2.45) is 17.6 Å². The van der Waals surface area contributed by atoms with Crippen molar-refractivity contribution in [1.29, 1.82) is 0 Å². The van der Waals surface area contributed by atoms with Gasteiger partial charge in [0.1, 0.15) is 0 Å². The van der Waals surface area contributed by atoms with Gasteiger partial charge in [0.2, 0.25) is 16.0 Å². The molecular weight excluding hydrogens is 438 g/mol. The highest BCUT2D eigenvalue weighted by molar-refractivity contribution is 7.89. The molecule has 1 aromatic rings. The van der Waals surface area contributed by atoms with Crippen LogP contribution in [0.5, 0.6) is 0 Å². The molecule has 0 radical (unpaired) electrons. The highest BCUT2D eigenvalue weighted by atomic mass is 35.5. The lowest BCUT2D eigenvalue weighted by molar-refractivity contribution is 0.0576. The Kier molecular flexibility index (Phi) is 6.80. The van der Waals surface area contributed by atoms with Crippen molar-refractivity contribution in [1.82, 2.24) is 14.3 Å². The van der Waals surface area contributed by atoms with E-state index >= 15 is 0 Å². The fourth-order valence-electron chi connectivity index (χ4n) is 5.06. The van der Waals surface area contributed by atoms with Crippen LogP contribution >= 0.6 is 11.6 Å². The van der Waals surface area contributed by atoms with Crippen LogP contribution in [0.3, 0.4) is 0 Å². The predicted molar refractivity (Wildman–Crippen MR) is 122 cm³/mol. The minimum absolute atomic E-state index is 0.00191. The van der Waals surface area contributed by atoms with Crippen molar-refractivity contribution in [2.45, 2.75) is 62.8 Å². The molecule has 3 atom stereocenters. The van der Waals surface area contributed by atoms with Crippen molar-refractivity contribution in [3.05, 3.63) is 17.4 Å². The zero-order valence-corrected chi connectivity index (χ0v) is 20.0. The molecule has 2 aliphatic heterocycles. The quantitative estimate of drug-likeness (QED) is 0.620. The van der Waals surface area contributed by atoms with Gasteiger partial charge in [-0.2, -0.15) is 4.31 Å². The zero-order chi connectivity index (χ0) is 22.2. The van der Waals surface area contributed by atoms with E-state index in [4.69, 9.17) is 22.1 Å². The average Bonchev–Trinajstić information content (AvgIpc) is 3.18. The molecule has 4 rings (SSSR count). The van der Waals surface area contributed by atoms with Crippen molar-refractivity contribution >= 4 is 27.6 Å². The first-order chi connectivity index (χ1) is 14.7. The molecule has 174 valence electrons. The van der Waals surface area contributed by atoms with Crippen LogP contribution in [0.4, 0.5) is 5.95 Å².